The van der Waals surface area contributed by atoms with Crippen molar-refractivity contribution in [2.45, 2.75) is 0 Å². The predicted molar refractivity (Wildman–Crippen MR) is 70.8 cm³/mol. The molecule has 1 N–H and O–H groups in total. The van der Waals surface area contributed by atoms with E-state index in [0.717, 1.165) is 0 Å². The number of ether oxygens (including phenoxy) is 3. The van der Waals surface area contributed by atoms with Gasteiger partial charge in [-0.05, 0) is 24.3 Å². The third kappa shape index (κ3) is 2.27. The second-order valence-electron chi connectivity index (χ2n) is 3.85. The lowest BCUT2D eigenvalue weighted by Gasteiger charge is -2.14. The molecule has 2 aromatic rings. The van der Waals surface area contributed by atoms with Crippen molar-refractivity contribution in [1.82, 2.24) is 0 Å². The number of aromatic carboxylic acids is 1. The Kier molecular flexibility index (Phi) is 3.84. The molecule has 6 nitrogen and oxygen atoms in total. The van der Waals surface area contributed by atoms with Gasteiger partial charge < -0.3 is 23.7 Å². The quantitative estimate of drug-likeness (QED) is 0.905. The van der Waals surface area contributed by atoms with Crippen molar-refractivity contribution in [3.05, 3.63) is 30.0 Å². The maximum absolute atomic E-state index is 10.9. The first-order valence-corrected chi connectivity index (χ1v) is 5.74. The van der Waals surface area contributed by atoms with Crippen molar-refractivity contribution in [2.24, 2.45) is 0 Å². The standard InChI is InChI=1S/C14H14O6/c1-17-10-5-4-8(12(18-2)13(10)19-3)9-6-7-11(20-9)14(15)16/h4-7H,1-3H3,(H,15,16). The zero-order chi connectivity index (χ0) is 14.7. The van der Waals surface area contributed by atoms with Gasteiger partial charge in [-0.25, -0.2) is 4.79 Å². The Bertz CT molecular complexity index is 629. The first-order valence-electron chi connectivity index (χ1n) is 5.74. The number of carbonyl (C=O) groups is 1. The van der Waals surface area contributed by atoms with Gasteiger partial charge in [0.05, 0.1) is 26.9 Å². The first kappa shape index (κ1) is 13.8. The Morgan fingerprint density at radius 2 is 1.70 bits per heavy atom. The highest BCUT2D eigenvalue weighted by Gasteiger charge is 2.20. The van der Waals surface area contributed by atoms with E-state index in [0.29, 0.717) is 28.6 Å². The highest BCUT2D eigenvalue weighted by atomic mass is 16.5. The van der Waals surface area contributed by atoms with Crippen molar-refractivity contribution in [3.8, 4) is 28.6 Å². The van der Waals surface area contributed by atoms with Crippen LogP contribution in [0.5, 0.6) is 17.2 Å². The van der Waals surface area contributed by atoms with Crippen LogP contribution >= 0.6 is 0 Å². The maximum atomic E-state index is 10.9. The zero-order valence-corrected chi connectivity index (χ0v) is 11.3. The minimum atomic E-state index is -1.13. The number of furan rings is 1. The van der Waals surface area contributed by atoms with Gasteiger partial charge in [-0.15, -0.1) is 0 Å². The van der Waals surface area contributed by atoms with Crippen LogP contribution in [0.1, 0.15) is 10.6 Å². The highest BCUT2D eigenvalue weighted by Crippen LogP contribution is 2.44. The summed E-state index contributed by atoms with van der Waals surface area (Å²) in [6.45, 7) is 0. The third-order valence-corrected chi connectivity index (χ3v) is 2.79. The number of rotatable bonds is 5. The summed E-state index contributed by atoms with van der Waals surface area (Å²) in [5.74, 6) is 0.449. The third-order valence-electron chi connectivity index (χ3n) is 2.79. The highest BCUT2D eigenvalue weighted by molar-refractivity contribution is 5.85. The molecule has 0 bridgehead atoms. The Hall–Kier alpha value is -2.63. The molecule has 20 heavy (non-hydrogen) atoms. The second kappa shape index (κ2) is 5.56. The largest absolute Gasteiger partial charge is 0.493 e. The fraction of sp³-hybridized carbons (Fsp3) is 0.214. The SMILES string of the molecule is COc1ccc(-c2ccc(C(=O)O)o2)c(OC)c1OC. The molecule has 0 aliphatic rings. The van der Waals surface area contributed by atoms with Crippen molar-refractivity contribution in [1.29, 1.82) is 0 Å². The van der Waals surface area contributed by atoms with Crippen LogP contribution in [0.3, 0.4) is 0 Å². The van der Waals surface area contributed by atoms with Gasteiger partial charge in [0.2, 0.25) is 11.5 Å². The van der Waals surface area contributed by atoms with Crippen molar-refractivity contribution < 1.29 is 28.5 Å². The molecule has 0 spiro atoms. The van der Waals surface area contributed by atoms with Crippen LogP contribution in [-0.2, 0) is 0 Å². The zero-order valence-electron chi connectivity index (χ0n) is 11.3. The van der Waals surface area contributed by atoms with E-state index in [1.165, 1.54) is 27.4 Å². The van der Waals surface area contributed by atoms with Crippen LogP contribution in [-0.4, -0.2) is 32.4 Å². The Morgan fingerprint density at radius 3 is 2.20 bits per heavy atom. The van der Waals surface area contributed by atoms with Crippen molar-refractivity contribution in [2.75, 3.05) is 21.3 Å². The lowest BCUT2D eigenvalue weighted by molar-refractivity contribution is 0.0663. The molecule has 0 saturated heterocycles. The van der Waals surface area contributed by atoms with Gasteiger partial charge in [-0.2, -0.15) is 0 Å². The van der Waals surface area contributed by atoms with Crippen LogP contribution < -0.4 is 14.2 Å². The molecule has 1 aromatic carbocycles. The summed E-state index contributed by atoms with van der Waals surface area (Å²) in [7, 11) is 4.50. The van der Waals surface area contributed by atoms with E-state index < -0.39 is 5.97 Å². The normalized spacial score (nSPS) is 10.2. The fourth-order valence-corrected chi connectivity index (χ4v) is 1.89. The minimum absolute atomic E-state index is 0.142. The second-order valence-corrected chi connectivity index (χ2v) is 3.85. The van der Waals surface area contributed by atoms with E-state index in [1.54, 1.807) is 18.2 Å². The van der Waals surface area contributed by atoms with E-state index >= 15 is 0 Å². The smallest absolute Gasteiger partial charge is 0.371 e. The molecular weight excluding hydrogens is 264 g/mol. The average molecular weight is 278 g/mol. The number of methoxy groups -OCH3 is 3. The molecule has 0 fully saturated rings. The lowest BCUT2D eigenvalue weighted by Crippen LogP contribution is -1.96. The summed E-state index contributed by atoms with van der Waals surface area (Å²) < 4.78 is 21.0. The minimum Gasteiger partial charge on any atom is -0.493 e. The summed E-state index contributed by atoms with van der Waals surface area (Å²) in [5.41, 5.74) is 0.581. The van der Waals surface area contributed by atoms with E-state index in [-0.39, 0.29) is 5.76 Å². The van der Waals surface area contributed by atoms with Gasteiger partial charge in [-0.3, -0.25) is 0 Å². The lowest BCUT2D eigenvalue weighted by atomic mass is 10.1. The molecule has 0 aliphatic heterocycles. The van der Waals surface area contributed by atoms with Crippen LogP contribution in [0.25, 0.3) is 11.3 Å². The van der Waals surface area contributed by atoms with Crippen LogP contribution in [0.2, 0.25) is 0 Å². The molecule has 1 aromatic heterocycles. The Labute approximate surface area is 115 Å². The summed E-state index contributed by atoms with van der Waals surface area (Å²) >= 11 is 0. The van der Waals surface area contributed by atoms with Crippen molar-refractivity contribution in [3.63, 3.8) is 0 Å². The van der Waals surface area contributed by atoms with Crippen LogP contribution in [0, 0.1) is 0 Å². The molecule has 0 radical (unpaired) electrons. The summed E-state index contributed by atoms with van der Waals surface area (Å²) in [4.78, 5) is 10.9. The van der Waals surface area contributed by atoms with Gasteiger partial charge in [0.1, 0.15) is 5.76 Å². The van der Waals surface area contributed by atoms with E-state index in [4.69, 9.17) is 23.7 Å². The van der Waals surface area contributed by atoms with Crippen LogP contribution in [0.4, 0.5) is 0 Å². The molecule has 0 unspecified atom stereocenters. The molecule has 1 heterocycles. The molecule has 0 amide bonds. The van der Waals surface area contributed by atoms with E-state index in [2.05, 4.69) is 0 Å². The number of hydrogen-bond acceptors (Lipinski definition) is 5. The topological polar surface area (TPSA) is 78.1 Å². The summed E-state index contributed by atoms with van der Waals surface area (Å²) in [5, 5.41) is 8.88. The van der Waals surface area contributed by atoms with E-state index in [1.807, 2.05) is 0 Å². The molecular formula is C14H14O6. The van der Waals surface area contributed by atoms with Gasteiger partial charge in [0, 0.05) is 0 Å². The fourth-order valence-electron chi connectivity index (χ4n) is 1.89. The number of carboxylic acids is 1. The molecule has 106 valence electrons. The monoisotopic (exact) mass is 278 g/mol. The van der Waals surface area contributed by atoms with Gasteiger partial charge in [-0.1, -0.05) is 0 Å². The predicted octanol–water partition coefficient (Wildman–Crippen LogP) is 2.67. The molecule has 6 heteroatoms. The maximum Gasteiger partial charge on any atom is 0.371 e. The molecule has 0 atom stereocenters. The first-order chi connectivity index (χ1) is 9.62. The van der Waals surface area contributed by atoms with E-state index in [9.17, 15) is 4.79 Å². The van der Waals surface area contributed by atoms with Gasteiger partial charge in [0.25, 0.3) is 0 Å². The van der Waals surface area contributed by atoms with Gasteiger partial charge >= 0.3 is 5.97 Å². The number of carboxylic acid groups (broad SMARTS) is 1. The molecule has 0 saturated carbocycles. The Balaban J connectivity index is 2.58. The summed E-state index contributed by atoms with van der Waals surface area (Å²) in [6.07, 6.45) is 0. The average Bonchev–Trinajstić information content (AvgIpc) is 2.95. The Morgan fingerprint density at radius 1 is 1.00 bits per heavy atom. The van der Waals surface area contributed by atoms with Crippen molar-refractivity contribution >= 4 is 5.97 Å². The number of benzene rings is 1. The van der Waals surface area contributed by atoms with Gasteiger partial charge in [0.15, 0.2) is 11.5 Å². The number of hydrogen-bond donors (Lipinski definition) is 1. The molecule has 2 rings (SSSR count). The summed E-state index contributed by atoms with van der Waals surface area (Å²) in [6, 6.07) is 6.35. The molecule has 0 aliphatic carbocycles. The van der Waals surface area contributed by atoms with Crippen LogP contribution in [0.15, 0.2) is 28.7 Å².